The zero-order chi connectivity index (χ0) is 12.3. The van der Waals surface area contributed by atoms with Gasteiger partial charge in [-0.3, -0.25) is 5.41 Å². The van der Waals surface area contributed by atoms with Crippen molar-refractivity contribution in [3.8, 4) is 0 Å². The highest BCUT2D eigenvalue weighted by atomic mass is 79.9. The molecule has 4 heteroatoms. The lowest BCUT2D eigenvalue weighted by Gasteiger charge is -2.29. The first kappa shape index (κ1) is 15.5. The summed E-state index contributed by atoms with van der Waals surface area (Å²) in [6.07, 6.45) is 5.55. The molecule has 0 aromatic heterocycles. The molecule has 1 aliphatic carbocycles. The predicted octanol–water partition coefficient (Wildman–Crippen LogP) is 4.70. The van der Waals surface area contributed by atoms with E-state index in [-0.39, 0.29) is 17.8 Å². The van der Waals surface area contributed by atoms with Crippen molar-refractivity contribution in [2.24, 2.45) is 0 Å². The maximum Gasteiger partial charge on any atom is 0.180 e. The Morgan fingerprint density at radius 1 is 1.39 bits per heavy atom. The molecule has 0 heterocycles. The molecule has 1 fully saturated rings. The van der Waals surface area contributed by atoms with Crippen LogP contribution in [0.3, 0.4) is 0 Å². The minimum absolute atomic E-state index is 0. The van der Waals surface area contributed by atoms with E-state index in [1.54, 1.807) is 7.11 Å². The van der Waals surface area contributed by atoms with Gasteiger partial charge in [0.15, 0.2) is 5.90 Å². The van der Waals surface area contributed by atoms with Gasteiger partial charge in [-0.05, 0) is 30.5 Å². The van der Waals surface area contributed by atoms with E-state index < -0.39 is 0 Å². The van der Waals surface area contributed by atoms with Crippen LogP contribution < -0.4 is 0 Å². The van der Waals surface area contributed by atoms with Crippen molar-refractivity contribution in [3.63, 3.8) is 0 Å². The second kappa shape index (κ2) is 6.58. The topological polar surface area (TPSA) is 33.1 Å². The van der Waals surface area contributed by atoms with Crippen LogP contribution in [-0.4, -0.2) is 13.0 Å². The van der Waals surface area contributed by atoms with Crippen LogP contribution in [0.1, 0.15) is 37.7 Å². The van der Waals surface area contributed by atoms with E-state index in [0.717, 1.165) is 23.7 Å². The van der Waals surface area contributed by atoms with E-state index in [0.29, 0.717) is 5.90 Å². The predicted molar refractivity (Wildman–Crippen MR) is 80.9 cm³/mol. The Hall–Kier alpha value is -0.540. The molecule has 1 N–H and O–H groups in total. The Balaban J connectivity index is 0.00000162. The maximum absolute atomic E-state index is 7.80. The first-order valence-corrected chi connectivity index (χ1v) is 6.83. The fourth-order valence-corrected chi connectivity index (χ4v) is 3.22. The normalized spacial score (nSPS) is 17.0. The van der Waals surface area contributed by atoms with E-state index in [1.165, 1.54) is 18.4 Å². The minimum Gasteiger partial charge on any atom is -0.484 e. The molecule has 1 saturated carbocycles. The summed E-state index contributed by atoms with van der Waals surface area (Å²) in [7, 11) is 1.59. The maximum atomic E-state index is 7.80. The van der Waals surface area contributed by atoms with Crippen LogP contribution in [0.25, 0.3) is 0 Å². The number of nitrogens with one attached hydrogen (secondary N) is 1. The molecule has 0 bridgehead atoms. The van der Waals surface area contributed by atoms with Crippen molar-refractivity contribution in [3.05, 3.63) is 34.3 Å². The van der Waals surface area contributed by atoms with Crippen molar-refractivity contribution >= 4 is 34.2 Å². The average molecular weight is 333 g/mol. The van der Waals surface area contributed by atoms with Gasteiger partial charge in [-0.1, -0.05) is 40.9 Å². The molecule has 0 spiro atoms. The van der Waals surface area contributed by atoms with Crippen LogP contribution in [0.15, 0.2) is 28.7 Å². The lowest BCUT2D eigenvalue weighted by Crippen LogP contribution is -2.26. The van der Waals surface area contributed by atoms with Crippen molar-refractivity contribution < 1.29 is 4.74 Å². The van der Waals surface area contributed by atoms with Crippen LogP contribution in [0.2, 0.25) is 0 Å². The molecule has 1 aromatic rings. The van der Waals surface area contributed by atoms with Crippen molar-refractivity contribution in [2.75, 3.05) is 7.11 Å². The zero-order valence-electron chi connectivity index (χ0n) is 10.5. The molecule has 0 amide bonds. The number of ether oxygens (including phenoxy) is 1. The molecular formula is C14H19BrClNO. The van der Waals surface area contributed by atoms with Crippen molar-refractivity contribution in [2.45, 2.75) is 37.5 Å². The second-order valence-corrected chi connectivity index (χ2v) is 5.72. The van der Waals surface area contributed by atoms with E-state index >= 15 is 0 Å². The molecule has 18 heavy (non-hydrogen) atoms. The molecular weight excluding hydrogens is 314 g/mol. The fourth-order valence-electron chi connectivity index (χ4n) is 2.82. The van der Waals surface area contributed by atoms with Gasteiger partial charge < -0.3 is 4.74 Å². The molecule has 100 valence electrons. The summed E-state index contributed by atoms with van der Waals surface area (Å²) in [5.41, 5.74) is 1.46. The number of benzene rings is 1. The highest BCUT2D eigenvalue weighted by Crippen LogP contribution is 2.44. The lowest BCUT2D eigenvalue weighted by atomic mass is 9.76. The summed E-state index contributed by atoms with van der Waals surface area (Å²) in [5.74, 6) is 0.395. The SMILES string of the molecule is COC(=N)CC1(c2cccc(Br)c2)CCCC1.Cl. The largest absolute Gasteiger partial charge is 0.484 e. The van der Waals surface area contributed by atoms with Gasteiger partial charge in [-0.25, -0.2) is 0 Å². The lowest BCUT2D eigenvalue weighted by molar-refractivity contribution is 0.350. The van der Waals surface area contributed by atoms with Crippen LogP contribution in [0, 0.1) is 5.41 Å². The number of methoxy groups -OCH3 is 1. The highest BCUT2D eigenvalue weighted by Gasteiger charge is 2.37. The summed E-state index contributed by atoms with van der Waals surface area (Å²) >= 11 is 3.53. The number of hydrogen-bond acceptors (Lipinski definition) is 2. The van der Waals surface area contributed by atoms with Gasteiger partial charge in [0.25, 0.3) is 0 Å². The standard InChI is InChI=1S/C14H18BrNO.ClH/c1-17-13(16)10-14(7-2-3-8-14)11-5-4-6-12(15)9-11;/h4-6,9,16H,2-3,7-8,10H2,1H3;1H. The third-order valence-electron chi connectivity index (χ3n) is 3.74. The Bertz CT molecular complexity index is 416. The Labute approximate surface area is 123 Å². The fraction of sp³-hybridized carbons (Fsp3) is 0.500. The summed E-state index contributed by atoms with van der Waals surface area (Å²) in [6.45, 7) is 0. The molecule has 2 nitrogen and oxygen atoms in total. The third-order valence-corrected chi connectivity index (χ3v) is 4.24. The van der Waals surface area contributed by atoms with E-state index in [2.05, 4.69) is 34.1 Å². The number of halogens is 2. The highest BCUT2D eigenvalue weighted by molar-refractivity contribution is 9.10. The number of hydrogen-bond donors (Lipinski definition) is 1. The summed E-state index contributed by atoms with van der Waals surface area (Å²) < 4.78 is 6.18. The van der Waals surface area contributed by atoms with E-state index in [9.17, 15) is 0 Å². The van der Waals surface area contributed by atoms with Crippen molar-refractivity contribution in [1.82, 2.24) is 0 Å². The van der Waals surface area contributed by atoms with Crippen LogP contribution in [-0.2, 0) is 10.2 Å². The van der Waals surface area contributed by atoms with Crippen LogP contribution in [0.5, 0.6) is 0 Å². The van der Waals surface area contributed by atoms with Gasteiger partial charge in [0.1, 0.15) is 0 Å². The van der Waals surface area contributed by atoms with E-state index in [1.807, 2.05) is 6.07 Å². The van der Waals surface area contributed by atoms with Gasteiger partial charge in [0.05, 0.1) is 7.11 Å². The minimum atomic E-state index is 0. The van der Waals surface area contributed by atoms with E-state index in [4.69, 9.17) is 10.1 Å². The molecule has 0 atom stereocenters. The summed E-state index contributed by atoms with van der Waals surface area (Å²) in [5, 5.41) is 7.80. The van der Waals surface area contributed by atoms with Crippen LogP contribution in [0.4, 0.5) is 0 Å². The van der Waals surface area contributed by atoms with Crippen molar-refractivity contribution in [1.29, 1.82) is 5.41 Å². The van der Waals surface area contributed by atoms with Gasteiger partial charge >= 0.3 is 0 Å². The average Bonchev–Trinajstić information content (AvgIpc) is 2.79. The van der Waals surface area contributed by atoms with Gasteiger partial charge in [0.2, 0.25) is 0 Å². The first-order chi connectivity index (χ1) is 8.16. The monoisotopic (exact) mass is 331 g/mol. The van der Waals surface area contributed by atoms with Gasteiger partial charge in [-0.2, -0.15) is 0 Å². The number of rotatable bonds is 3. The molecule has 1 aromatic carbocycles. The summed E-state index contributed by atoms with van der Waals surface area (Å²) in [4.78, 5) is 0. The van der Waals surface area contributed by atoms with Crippen LogP contribution >= 0.6 is 28.3 Å². The molecule has 0 radical (unpaired) electrons. The molecule has 0 saturated heterocycles. The smallest absolute Gasteiger partial charge is 0.180 e. The first-order valence-electron chi connectivity index (χ1n) is 6.04. The van der Waals surface area contributed by atoms with Gasteiger partial charge in [0, 0.05) is 16.3 Å². The molecule has 0 aliphatic heterocycles. The Morgan fingerprint density at radius 2 is 2.06 bits per heavy atom. The Morgan fingerprint density at radius 3 is 2.61 bits per heavy atom. The molecule has 0 unspecified atom stereocenters. The summed E-state index contributed by atoms with van der Waals surface area (Å²) in [6, 6.07) is 8.50. The third kappa shape index (κ3) is 3.27. The van der Waals surface area contributed by atoms with Gasteiger partial charge in [-0.15, -0.1) is 12.4 Å². The Kier molecular flexibility index (Phi) is 5.67. The molecule has 2 rings (SSSR count). The zero-order valence-corrected chi connectivity index (χ0v) is 12.9. The molecule has 1 aliphatic rings. The second-order valence-electron chi connectivity index (χ2n) is 4.80. The quantitative estimate of drug-likeness (QED) is 0.632.